The van der Waals surface area contributed by atoms with Crippen molar-refractivity contribution >= 4 is 0 Å². The van der Waals surface area contributed by atoms with Gasteiger partial charge in [0, 0.05) is 0 Å². The zero-order valence-electron chi connectivity index (χ0n) is 51.7. The van der Waals surface area contributed by atoms with Gasteiger partial charge in [0.2, 0.25) is 0 Å². The van der Waals surface area contributed by atoms with E-state index in [9.17, 15) is 0 Å². The van der Waals surface area contributed by atoms with Crippen molar-refractivity contribution in [2.75, 3.05) is 0 Å². The number of rotatable bonds is 11. The van der Waals surface area contributed by atoms with E-state index in [2.05, 4.69) is 123 Å². The third kappa shape index (κ3) is 33.4. The molecule has 0 saturated heterocycles. The summed E-state index contributed by atoms with van der Waals surface area (Å²) in [5.41, 5.74) is 3.26. The molecule has 0 heterocycles. The molecule has 6 saturated carbocycles. The maximum Gasteiger partial charge on any atom is -0.0318 e. The average Bonchev–Trinajstić information content (AvgIpc) is 3.79. The molecule has 8 unspecified atom stereocenters. The summed E-state index contributed by atoms with van der Waals surface area (Å²) in [5.74, 6) is 14.7. The van der Waals surface area contributed by atoms with E-state index in [1.54, 1.807) is 11.1 Å². The minimum absolute atomic E-state index is 0.943. The van der Waals surface area contributed by atoms with E-state index in [1.807, 2.05) is 0 Å². The predicted molar refractivity (Wildman–Crippen MR) is 322 cm³/mol. The molecule has 0 amide bonds. The Balaban J connectivity index is 0.000000401. The van der Waals surface area contributed by atoms with E-state index < -0.39 is 0 Å². The average molecular weight is 978 g/mol. The van der Waals surface area contributed by atoms with Crippen LogP contribution in [0.1, 0.15) is 342 Å². The molecule has 8 aliphatic carbocycles. The van der Waals surface area contributed by atoms with Crippen molar-refractivity contribution in [3.8, 4) is 0 Å². The lowest BCUT2D eigenvalue weighted by Gasteiger charge is -2.26. The van der Waals surface area contributed by atoms with Crippen molar-refractivity contribution in [2.45, 2.75) is 342 Å². The highest BCUT2D eigenvalue weighted by Gasteiger charge is 2.32. The van der Waals surface area contributed by atoms with Crippen molar-refractivity contribution in [2.24, 2.45) is 82.9 Å². The van der Waals surface area contributed by atoms with E-state index in [-0.39, 0.29) is 0 Å². The fourth-order valence-corrected chi connectivity index (χ4v) is 13.2. The van der Waals surface area contributed by atoms with E-state index in [4.69, 9.17) is 0 Å². The molecule has 0 N–H and O–H groups in total. The van der Waals surface area contributed by atoms with Gasteiger partial charge >= 0.3 is 0 Å². The lowest BCUT2D eigenvalue weighted by atomic mass is 9.80. The lowest BCUT2D eigenvalue weighted by Crippen LogP contribution is -2.12. The van der Waals surface area contributed by atoms with Crippen molar-refractivity contribution in [1.29, 1.82) is 0 Å². The van der Waals surface area contributed by atoms with E-state index >= 15 is 0 Å². The van der Waals surface area contributed by atoms with Gasteiger partial charge in [-0.3, -0.25) is 0 Å². The van der Waals surface area contributed by atoms with Gasteiger partial charge in [-0.15, -0.1) is 0 Å². The van der Waals surface area contributed by atoms with Crippen LogP contribution in [-0.4, -0.2) is 0 Å². The van der Waals surface area contributed by atoms with Gasteiger partial charge in [-0.25, -0.2) is 0 Å². The normalized spacial score (nSPS) is 34.2. The van der Waals surface area contributed by atoms with E-state index in [1.165, 1.54) is 231 Å². The summed E-state index contributed by atoms with van der Waals surface area (Å²) in [6.07, 6.45) is 56.9. The molecule has 0 aromatic heterocycles. The molecular formula is C70H136. The fourth-order valence-electron chi connectivity index (χ4n) is 13.2. The Morgan fingerprint density at radius 2 is 0.686 bits per heavy atom. The molecule has 0 radical (unpaired) electrons. The molecule has 0 heteroatoms. The minimum atomic E-state index is 0.943. The zero-order chi connectivity index (χ0) is 52.1. The molecule has 0 bridgehead atoms. The maximum atomic E-state index is 2.42. The monoisotopic (exact) mass is 977 g/mol. The van der Waals surface area contributed by atoms with Gasteiger partial charge in [0.1, 0.15) is 0 Å². The third-order valence-electron chi connectivity index (χ3n) is 20.1. The van der Waals surface area contributed by atoms with Crippen LogP contribution < -0.4 is 0 Å². The Morgan fingerprint density at radius 3 is 0.957 bits per heavy atom. The molecule has 8 aliphatic rings. The highest BCUT2D eigenvalue weighted by atomic mass is 14.4. The largest absolute Gasteiger partial charge is 0.0853 e. The first-order chi connectivity index (χ1) is 33.7. The van der Waals surface area contributed by atoms with Gasteiger partial charge in [-0.05, 0) is 154 Å². The Hall–Kier alpha value is -0.520. The van der Waals surface area contributed by atoms with Crippen LogP contribution in [0.5, 0.6) is 0 Å². The second-order valence-corrected chi connectivity index (χ2v) is 26.3. The summed E-state index contributed by atoms with van der Waals surface area (Å²) in [4.78, 5) is 0. The first kappa shape index (κ1) is 67.5. The maximum absolute atomic E-state index is 2.42. The summed E-state index contributed by atoms with van der Waals surface area (Å²) in [7, 11) is 0. The molecule has 6 fully saturated rings. The molecule has 70 heavy (non-hydrogen) atoms. The van der Waals surface area contributed by atoms with Gasteiger partial charge in [0.05, 0.1) is 0 Å². The van der Waals surface area contributed by atoms with Crippen LogP contribution in [0, 0.1) is 82.9 Å². The van der Waals surface area contributed by atoms with Crippen molar-refractivity contribution in [1.82, 2.24) is 0 Å². The fraction of sp³-hybridized carbons (Fsp3) is 0.943. The van der Waals surface area contributed by atoms with Crippen molar-refractivity contribution < 1.29 is 0 Å². The number of hydrogen-bond acceptors (Lipinski definition) is 0. The smallest absolute Gasteiger partial charge is 0.0318 e. The molecule has 0 spiro atoms. The Kier molecular flexibility index (Phi) is 41.1. The van der Waals surface area contributed by atoms with Gasteiger partial charge < -0.3 is 0 Å². The summed E-state index contributed by atoms with van der Waals surface area (Å²) in [5, 5.41) is 0. The first-order valence-corrected chi connectivity index (χ1v) is 33.0. The lowest BCUT2D eigenvalue weighted by molar-refractivity contribution is 0.264. The van der Waals surface area contributed by atoms with Crippen LogP contribution in [-0.2, 0) is 0 Å². The van der Waals surface area contributed by atoms with Crippen LogP contribution in [0.15, 0.2) is 23.3 Å². The van der Waals surface area contributed by atoms with Crippen molar-refractivity contribution in [3.63, 3.8) is 0 Å². The molecule has 0 nitrogen and oxygen atoms in total. The highest BCUT2D eigenvalue weighted by molar-refractivity contribution is 5.05. The number of hydrogen-bond donors (Lipinski definition) is 0. The van der Waals surface area contributed by atoms with Gasteiger partial charge in [0.25, 0.3) is 0 Å². The molecule has 416 valence electrons. The van der Waals surface area contributed by atoms with Gasteiger partial charge in [-0.2, -0.15) is 0 Å². The minimum Gasteiger partial charge on any atom is -0.0853 e. The summed E-state index contributed by atoms with van der Waals surface area (Å²) in [6.45, 7) is 37.1. The molecule has 0 aromatic rings. The predicted octanol–water partition coefficient (Wildman–Crippen LogP) is 24.8. The topological polar surface area (TPSA) is 0 Å². The van der Waals surface area contributed by atoms with Gasteiger partial charge in [-0.1, -0.05) is 294 Å². The van der Waals surface area contributed by atoms with Crippen LogP contribution in [0.4, 0.5) is 0 Å². The number of allylic oxidation sites excluding steroid dienone is 4. The summed E-state index contributed by atoms with van der Waals surface area (Å²) < 4.78 is 0. The second kappa shape index (κ2) is 42.7. The van der Waals surface area contributed by atoms with E-state index in [0.717, 1.165) is 82.9 Å². The first-order valence-electron chi connectivity index (χ1n) is 33.0. The van der Waals surface area contributed by atoms with Crippen LogP contribution in [0.2, 0.25) is 0 Å². The summed E-state index contributed by atoms with van der Waals surface area (Å²) >= 11 is 0. The molecule has 8 atom stereocenters. The van der Waals surface area contributed by atoms with Crippen LogP contribution in [0.25, 0.3) is 0 Å². The Labute approximate surface area is 446 Å². The third-order valence-corrected chi connectivity index (χ3v) is 20.1. The van der Waals surface area contributed by atoms with Crippen LogP contribution in [0.3, 0.4) is 0 Å². The SMILES string of the molecule is CC1=CCC(C)CC1.CCC1=CCC(C)CC1.CCC1CC1CC.CCC1CCC(C)C1.CCC1CCC(C)CC1.CCC1CCC(CC)C1.CCC1CCC(CC)CC1.CCCC1CCC(C)CC1. The quantitative estimate of drug-likeness (QED) is 0.181. The zero-order valence-corrected chi connectivity index (χ0v) is 51.7. The van der Waals surface area contributed by atoms with Crippen molar-refractivity contribution in [3.05, 3.63) is 23.3 Å². The molecule has 0 aliphatic heterocycles. The standard InChI is InChI=1S/2C10H20.C9H18.C9H16.C9H18.C8H14.C8H16.C7H14/c1-3-4-10-7-5-9(2)6-8-10;1-3-9-5-7-10(4-2)8-6-9;2*1-3-9-6-4-8(2)5-7-9;1-3-8-5-6-9(4-2)7-8;1-7-3-5-8(2)6-4-7;1-3-8-5-4-7(2)6-8;1-3-6-5-7(6)4-2/h2*9-10H,3-8H2,1-2H3;8-9H,3-7H2,1-2H3;6,8H,3-5,7H2,1-2H3;8-9H,3-7H2,1-2H3;3,8H,4-6H2,1-2H3;7-8H,3-6H2,1-2H3;6-7H,3-5H2,1-2H3. The van der Waals surface area contributed by atoms with E-state index in [0.29, 0.717) is 0 Å². The second-order valence-electron chi connectivity index (χ2n) is 26.3. The Bertz CT molecular complexity index is 1160. The van der Waals surface area contributed by atoms with Crippen LogP contribution >= 0.6 is 0 Å². The molecule has 0 aromatic carbocycles. The molecular weight excluding hydrogens is 841 g/mol. The Morgan fingerprint density at radius 1 is 0.329 bits per heavy atom. The molecule has 8 rings (SSSR count). The van der Waals surface area contributed by atoms with Gasteiger partial charge in [0.15, 0.2) is 0 Å². The summed E-state index contributed by atoms with van der Waals surface area (Å²) in [6, 6.07) is 0. The highest BCUT2D eigenvalue weighted by Crippen LogP contribution is 2.43.